The van der Waals surface area contributed by atoms with Crippen molar-refractivity contribution in [3.63, 3.8) is 0 Å². The first-order valence-electron chi connectivity index (χ1n) is 8.80. The van der Waals surface area contributed by atoms with Crippen molar-refractivity contribution in [2.75, 3.05) is 7.11 Å². The highest BCUT2D eigenvalue weighted by atomic mass is 16.5. The zero-order valence-corrected chi connectivity index (χ0v) is 14.9. The molecule has 2 heteroatoms. The molecule has 2 atom stereocenters. The molecule has 1 aliphatic carbocycles. The number of hydrogen-bond acceptors (Lipinski definition) is 2. The molecule has 0 aromatic heterocycles. The van der Waals surface area contributed by atoms with Gasteiger partial charge in [0, 0.05) is 0 Å². The third-order valence-electron chi connectivity index (χ3n) is 4.77. The van der Waals surface area contributed by atoms with Gasteiger partial charge in [-0.15, -0.1) is 0 Å². The molecule has 1 fully saturated rings. The summed E-state index contributed by atoms with van der Waals surface area (Å²) in [5.41, 5.74) is 1.15. The van der Waals surface area contributed by atoms with Gasteiger partial charge in [-0.25, -0.2) is 0 Å². The Bertz CT molecular complexity index is 467. The normalized spacial score (nSPS) is 25.7. The van der Waals surface area contributed by atoms with Gasteiger partial charge in [-0.1, -0.05) is 38.8 Å². The second-order valence-electron chi connectivity index (χ2n) is 7.36. The summed E-state index contributed by atoms with van der Waals surface area (Å²) in [6, 6.07) is 8.53. The predicted molar refractivity (Wildman–Crippen MR) is 92.3 cm³/mol. The van der Waals surface area contributed by atoms with Crippen LogP contribution in [0.4, 0.5) is 0 Å². The lowest BCUT2D eigenvalue weighted by molar-refractivity contribution is -0.146. The smallest absolute Gasteiger partial charge is 0.119 e. The fourth-order valence-corrected chi connectivity index (χ4v) is 4.00. The minimum Gasteiger partial charge on any atom is -0.497 e. The molecular formula is C20H32O2. The largest absolute Gasteiger partial charge is 0.497 e. The van der Waals surface area contributed by atoms with Gasteiger partial charge in [0.25, 0.3) is 0 Å². The molecule has 0 radical (unpaired) electrons. The van der Waals surface area contributed by atoms with Gasteiger partial charge in [-0.05, 0) is 62.6 Å². The zero-order valence-electron chi connectivity index (χ0n) is 14.9. The van der Waals surface area contributed by atoms with Gasteiger partial charge < -0.3 is 9.47 Å². The van der Waals surface area contributed by atoms with Crippen molar-refractivity contribution in [1.82, 2.24) is 0 Å². The van der Waals surface area contributed by atoms with Crippen molar-refractivity contribution in [1.29, 1.82) is 0 Å². The van der Waals surface area contributed by atoms with Crippen molar-refractivity contribution in [2.45, 2.75) is 71.5 Å². The van der Waals surface area contributed by atoms with Gasteiger partial charge in [0.2, 0.25) is 0 Å². The molecule has 0 aliphatic heterocycles. The molecule has 1 aromatic carbocycles. The first kappa shape index (κ1) is 17.3. The van der Waals surface area contributed by atoms with Crippen molar-refractivity contribution >= 4 is 0 Å². The summed E-state index contributed by atoms with van der Waals surface area (Å²) >= 11 is 0. The summed E-state index contributed by atoms with van der Waals surface area (Å²) in [6.07, 6.45) is 6.42. The van der Waals surface area contributed by atoms with Crippen LogP contribution in [0.25, 0.3) is 0 Å². The maximum atomic E-state index is 6.62. The lowest BCUT2D eigenvalue weighted by Crippen LogP contribution is -2.43. The Balaban J connectivity index is 2.43. The van der Waals surface area contributed by atoms with E-state index in [2.05, 4.69) is 45.9 Å². The molecule has 0 amide bonds. The summed E-state index contributed by atoms with van der Waals surface area (Å²) in [7, 11) is 1.74. The number of ether oxygens (including phenoxy) is 2. The highest BCUT2D eigenvalue weighted by Crippen LogP contribution is 2.48. The van der Waals surface area contributed by atoms with Crippen LogP contribution < -0.4 is 4.74 Å². The van der Waals surface area contributed by atoms with Crippen LogP contribution in [-0.4, -0.2) is 13.2 Å². The number of methoxy groups -OCH3 is 1. The quantitative estimate of drug-likeness (QED) is 0.686. The average molecular weight is 304 g/mol. The Morgan fingerprint density at radius 1 is 1.18 bits per heavy atom. The van der Waals surface area contributed by atoms with Gasteiger partial charge in [-0.3, -0.25) is 0 Å². The lowest BCUT2D eigenvalue weighted by atomic mass is 9.68. The van der Waals surface area contributed by atoms with E-state index in [-0.39, 0.29) is 11.7 Å². The Hall–Kier alpha value is -1.02. The van der Waals surface area contributed by atoms with Gasteiger partial charge in [0.1, 0.15) is 5.75 Å². The maximum Gasteiger partial charge on any atom is 0.119 e. The third kappa shape index (κ3) is 3.84. The molecule has 0 bridgehead atoms. The van der Waals surface area contributed by atoms with Gasteiger partial charge >= 0.3 is 0 Å². The Kier molecular flexibility index (Phi) is 5.91. The Labute approximate surface area is 136 Å². The summed E-state index contributed by atoms with van der Waals surface area (Å²) in [6.45, 7) is 8.95. The highest BCUT2D eigenvalue weighted by Gasteiger charge is 2.44. The summed E-state index contributed by atoms with van der Waals surface area (Å²) < 4.78 is 12.1. The molecule has 1 unspecified atom stereocenters. The van der Waals surface area contributed by atoms with Gasteiger partial charge in [0.05, 0.1) is 18.8 Å². The standard InChI is InChI=1S/C20H32O2/c1-15(2)13-17-9-6-7-12-20(17,22-16(3)4)18-10-8-11-19(14-18)21-5/h8,10-11,14-17H,6-7,9,12-13H2,1-5H3/t17?,20-/m1/s1. The first-order valence-corrected chi connectivity index (χ1v) is 8.80. The van der Waals surface area contributed by atoms with Crippen LogP contribution in [0.3, 0.4) is 0 Å². The second-order valence-corrected chi connectivity index (χ2v) is 7.36. The molecule has 1 aliphatic rings. The van der Waals surface area contributed by atoms with E-state index in [1.807, 2.05) is 6.07 Å². The van der Waals surface area contributed by atoms with Gasteiger partial charge in [0.15, 0.2) is 0 Å². The van der Waals surface area contributed by atoms with E-state index in [0.717, 1.165) is 12.2 Å². The van der Waals surface area contributed by atoms with Crippen LogP contribution in [0.15, 0.2) is 24.3 Å². The molecule has 2 nitrogen and oxygen atoms in total. The SMILES string of the molecule is COc1cccc([C@@]2(OC(C)C)CCCCC2CC(C)C)c1. The molecule has 124 valence electrons. The summed E-state index contributed by atoms with van der Waals surface area (Å²) in [4.78, 5) is 0. The molecule has 22 heavy (non-hydrogen) atoms. The van der Waals surface area contributed by atoms with Crippen molar-refractivity contribution in [2.24, 2.45) is 11.8 Å². The number of hydrogen-bond donors (Lipinski definition) is 0. The summed E-state index contributed by atoms with van der Waals surface area (Å²) in [5.74, 6) is 2.22. The highest BCUT2D eigenvalue weighted by molar-refractivity contribution is 5.33. The van der Waals surface area contributed by atoms with E-state index >= 15 is 0 Å². The molecular weight excluding hydrogens is 272 g/mol. The van der Waals surface area contributed by atoms with E-state index in [4.69, 9.17) is 9.47 Å². The van der Waals surface area contributed by atoms with E-state index in [9.17, 15) is 0 Å². The van der Waals surface area contributed by atoms with Crippen LogP contribution in [0.1, 0.15) is 65.4 Å². The van der Waals surface area contributed by atoms with E-state index in [0.29, 0.717) is 11.8 Å². The Morgan fingerprint density at radius 3 is 2.59 bits per heavy atom. The van der Waals surface area contributed by atoms with Crippen molar-refractivity contribution < 1.29 is 9.47 Å². The molecule has 1 aromatic rings. The Morgan fingerprint density at radius 2 is 1.95 bits per heavy atom. The average Bonchev–Trinajstić information content (AvgIpc) is 2.48. The van der Waals surface area contributed by atoms with Crippen molar-refractivity contribution in [3.05, 3.63) is 29.8 Å². The molecule has 1 saturated carbocycles. The maximum absolute atomic E-state index is 6.62. The zero-order chi connectivity index (χ0) is 16.2. The van der Waals surface area contributed by atoms with Crippen LogP contribution in [0.2, 0.25) is 0 Å². The van der Waals surface area contributed by atoms with Gasteiger partial charge in [-0.2, -0.15) is 0 Å². The minimum absolute atomic E-state index is 0.148. The minimum atomic E-state index is -0.148. The fourth-order valence-electron chi connectivity index (χ4n) is 4.00. The van der Waals surface area contributed by atoms with E-state index in [1.54, 1.807) is 7.11 Å². The number of benzene rings is 1. The monoisotopic (exact) mass is 304 g/mol. The van der Waals surface area contributed by atoms with Crippen LogP contribution in [-0.2, 0) is 10.3 Å². The molecule has 0 heterocycles. The van der Waals surface area contributed by atoms with Crippen LogP contribution >= 0.6 is 0 Å². The number of rotatable bonds is 6. The fraction of sp³-hybridized carbons (Fsp3) is 0.700. The topological polar surface area (TPSA) is 18.5 Å². The third-order valence-corrected chi connectivity index (χ3v) is 4.77. The van der Waals surface area contributed by atoms with E-state index < -0.39 is 0 Å². The van der Waals surface area contributed by atoms with E-state index in [1.165, 1.54) is 31.2 Å². The molecule has 2 rings (SSSR count). The molecule has 0 spiro atoms. The lowest BCUT2D eigenvalue weighted by Gasteiger charge is -2.46. The molecule has 0 saturated heterocycles. The van der Waals surface area contributed by atoms with Crippen molar-refractivity contribution in [3.8, 4) is 5.75 Å². The van der Waals surface area contributed by atoms with Crippen LogP contribution in [0.5, 0.6) is 5.75 Å². The molecule has 0 N–H and O–H groups in total. The first-order chi connectivity index (χ1) is 10.5. The summed E-state index contributed by atoms with van der Waals surface area (Å²) in [5, 5.41) is 0. The predicted octanol–water partition coefficient (Wildman–Crippen LogP) is 5.55. The second kappa shape index (κ2) is 7.50. The van der Waals surface area contributed by atoms with Crippen LogP contribution in [0, 0.1) is 11.8 Å².